The Balaban J connectivity index is 2.02. The van der Waals surface area contributed by atoms with Crippen LogP contribution in [0.5, 0.6) is 0 Å². The molecule has 0 aliphatic carbocycles. The Morgan fingerprint density at radius 3 is 2.72 bits per heavy atom. The van der Waals surface area contributed by atoms with Crippen molar-refractivity contribution in [2.45, 2.75) is 33.6 Å². The quantitative estimate of drug-likeness (QED) is 0.699. The van der Waals surface area contributed by atoms with Crippen LogP contribution in [0.4, 0.5) is 0 Å². The summed E-state index contributed by atoms with van der Waals surface area (Å²) in [4.78, 5) is 31.6. The van der Waals surface area contributed by atoms with Gasteiger partial charge in [-0.2, -0.15) is 5.10 Å². The van der Waals surface area contributed by atoms with Gasteiger partial charge in [-0.15, -0.1) is 11.3 Å². The van der Waals surface area contributed by atoms with E-state index >= 15 is 0 Å². The highest BCUT2D eigenvalue weighted by Gasteiger charge is 2.20. The Kier molecular flexibility index (Phi) is 4.79. The standard InChI is InChI=1S/C16H18BrN5O2S/c1-5-6-10-7-11-15(25-10)18-9(3)22(16(11)24)20-14(23)13-12(17)8(2)21(4)19-13/h7H,5-6H2,1-4H3,(H,20,23). The van der Waals surface area contributed by atoms with E-state index in [9.17, 15) is 9.59 Å². The van der Waals surface area contributed by atoms with Crippen LogP contribution in [-0.4, -0.2) is 25.3 Å². The summed E-state index contributed by atoms with van der Waals surface area (Å²) in [6.07, 6.45) is 1.91. The number of halogens is 1. The predicted octanol–water partition coefficient (Wildman–Crippen LogP) is 2.91. The predicted molar refractivity (Wildman–Crippen MR) is 102 cm³/mol. The van der Waals surface area contributed by atoms with Crippen LogP contribution in [-0.2, 0) is 13.5 Å². The van der Waals surface area contributed by atoms with Crippen molar-refractivity contribution in [3.05, 3.63) is 43.0 Å². The number of amides is 1. The normalized spacial score (nSPS) is 11.2. The molecule has 9 heteroatoms. The van der Waals surface area contributed by atoms with Gasteiger partial charge in [0.15, 0.2) is 5.69 Å². The molecule has 0 saturated carbocycles. The molecular formula is C16H18BrN5O2S. The van der Waals surface area contributed by atoms with E-state index in [2.05, 4.69) is 38.4 Å². The van der Waals surface area contributed by atoms with E-state index in [4.69, 9.17) is 0 Å². The van der Waals surface area contributed by atoms with E-state index in [0.717, 1.165) is 23.4 Å². The van der Waals surface area contributed by atoms with Crippen LogP contribution in [0.1, 0.15) is 40.2 Å². The summed E-state index contributed by atoms with van der Waals surface area (Å²) in [5, 5.41) is 4.70. The molecule has 0 unspecified atom stereocenters. The van der Waals surface area contributed by atoms with Crippen molar-refractivity contribution in [2.75, 3.05) is 5.43 Å². The molecule has 3 aromatic heterocycles. The number of thiophene rings is 1. The summed E-state index contributed by atoms with van der Waals surface area (Å²) in [6, 6.07) is 1.86. The minimum absolute atomic E-state index is 0.225. The molecule has 0 fully saturated rings. The van der Waals surface area contributed by atoms with Crippen LogP contribution in [0, 0.1) is 13.8 Å². The van der Waals surface area contributed by atoms with E-state index in [-0.39, 0.29) is 11.3 Å². The number of carbonyl (C=O) groups is 1. The monoisotopic (exact) mass is 423 g/mol. The molecule has 0 aliphatic rings. The second-order valence-corrected chi connectivity index (χ2v) is 7.70. The van der Waals surface area contributed by atoms with Crippen LogP contribution in [0.2, 0.25) is 0 Å². The number of hydrogen-bond acceptors (Lipinski definition) is 5. The minimum Gasteiger partial charge on any atom is -0.271 e. The highest BCUT2D eigenvalue weighted by Crippen LogP contribution is 2.23. The van der Waals surface area contributed by atoms with Gasteiger partial charge in [0.05, 0.1) is 15.6 Å². The average molecular weight is 424 g/mol. The van der Waals surface area contributed by atoms with Crippen molar-refractivity contribution in [3.8, 4) is 0 Å². The molecule has 132 valence electrons. The van der Waals surface area contributed by atoms with Gasteiger partial charge in [-0.25, -0.2) is 9.66 Å². The molecule has 25 heavy (non-hydrogen) atoms. The lowest BCUT2D eigenvalue weighted by molar-refractivity contribution is 0.1000. The fourth-order valence-corrected chi connectivity index (χ4v) is 4.20. The lowest BCUT2D eigenvalue weighted by atomic mass is 10.2. The summed E-state index contributed by atoms with van der Waals surface area (Å²) < 4.78 is 3.39. The summed E-state index contributed by atoms with van der Waals surface area (Å²) >= 11 is 4.89. The van der Waals surface area contributed by atoms with Gasteiger partial charge in [0.1, 0.15) is 10.7 Å². The zero-order valence-corrected chi connectivity index (χ0v) is 16.8. The second-order valence-electron chi connectivity index (χ2n) is 5.79. The molecule has 0 radical (unpaired) electrons. The van der Waals surface area contributed by atoms with Gasteiger partial charge in [0.2, 0.25) is 0 Å². The SMILES string of the molecule is CCCc1cc2c(=O)n(NC(=O)c3nn(C)c(C)c3Br)c(C)nc2s1. The molecule has 0 saturated heterocycles. The van der Waals surface area contributed by atoms with Crippen molar-refractivity contribution in [1.29, 1.82) is 0 Å². The molecule has 3 heterocycles. The number of fused-ring (bicyclic) bond motifs is 1. The van der Waals surface area contributed by atoms with E-state index in [0.29, 0.717) is 20.5 Å². The molecule has 1 amide bonds. The topological polar surface area (TPSA) is 81.8 Å². The van der Waals surface area contributed by atoms with Crippen LogP contribution < -0.4 is 11.0 Å². The highest BCUT2D eigenvalue weighted by molar-refractivity contribution is 9.10. The summed E-state index contributed by atoms with van der Waals surface area (Å²) in [7, 11) is 1.75. The third-order valence-corrected chi connectivity index (χ3v) is 6.01. The molecule has 7 nitrogen and oxygen atoms in total. The number of nitrogens with zero attached hydrogens (tertiary/aromatic N) is 4. The Labute approximate surface area is 156 Å². The van der Waals surface area contributed by atoms with Gasteiger partial charge in [0.25, 0.3) is 11.5 Å². The molecule has 3 aromatic rings. The van der Waals surface area contributed by atoms with Gasteiger partial charge in [-0.3, -0.25) is 19.7 Å². The van der Waals surface area contributed by atoms with Crippen molar-refractivity contribution >= 4 is 43.4 Å². The number of aromatic nitrogens is 4. The average Bonchev–Trinajstić information content (AvgIpc) is 3.07. The third-order valence-electron chi connectivity index (χ3n) is 3.97. The Bertz CT molecular complexity index is 1030. The van der Waals surface area contributed by atoms with Crippen LogP contribution in [0.15, 0.2) is 15.3 Å². The van der Waals surface area contributed by atoms with Gasteiger partial charge >= 0.3 is 0 Å². The smallest absolute Gasteiger partial charge is 0.271 e. The molecule has 3 rings (SSSR count). The van der Waals surface area contributed by atoms with Crippen molar-refractivity contribution in [1.82, 2.24) is 19.4 Å². The fraction of sp³-hybridized carbons (Fsp3) is 0.375. The Morgan fingerprint density at radius 1 is 1.40 bits per heavy atom. The first-order valence-corrected chi connectivity index (χ1v) is 9.47. The number of nitrogens with one attached hydrogen (secondary N) is 1. The van der Waals surface area contributed by atoms with E-state index in [1.165, 1.54) is 16.0 Å². The van der Waals surface area contributed by atoms with Gasteiger partial charge in [0, 0.05) is 11.9 Å². The maximum Gasteiger partial charge on any atom is 0.291 e. The maximum absolute atomic E-state index is 12.8. The summed E-state index contributed by atoms with van der Waals surface area (Å²) in [5.74, 6) is -0.0366. The first kappa shape index (κ1) is 17.8. The number of carbonyl (C=O) groups excluding carboxylic acids is 1. The number of rotatable bonds is 4. The van der Waals surface area contributed by atoms with Crippen LogP contribution in [0.3, 0.4) is 0 Å². The third kappa shape index (κ3) is 3.13. The van der Waals surface area contributed by atoms with Crippen LogP contribution in [0.25, 0.3) is 10.2 Å². The molecule has 0 aliphatic heterocycles. The highest BCUT2D eigenvalue weighted by atomic mass is 79.9. The lowest BCUT2D eigenvalue weighted by Gasteiger charge is -2.09. The summed E-state index contributed by atoms with van der Waals surface area (Å²) in [5.41, 5.74) is 3.38. The maximum atomic E-state index is 12.8. The molecule has 1 N–H and O–H groups in total. The van der Waals surface area contributed by atoms with Gasteiger partial charge < -0.3 is 0 Å². The largest absolute Gasteiger partial charge is 0.291 e. The van der Waals surface area contributed by atoms with Crippen LogP contribution >= 0.6 is 27.3 Å². The van der Waals surface area contributed by atoms with E-state index < -0.39 is 5.91 Å². The molecule has 0 atom stereocenters. The van der Waals surface area contributed by atoms with Gasteiger partial charge in [-0.1, -0.05) is 13.3 Å². The van der Waals surface area contributed by atoms with E-state index in [1.807, 2.05) is 13.0 Å². The van der Waals surface area contributed by atoms with Crippen molar-refractivity contribution in [2.24, 2.45) is 7.05 Å². The minimum atomic E-state index is -0.467. The first-order chi connectivity index (χ1) is 11.8. The molecule has 0 bridgehead atoms. The molecule has 0 spiro atoms. The zero-order chi connectivity index (χ0) is 18.3. The number of hydrogen-bond donors (Lipinski definition) is 1. The zero-order valence-electron chi connectivity index (χ0n) is 14.4. The van der Waals surface area contributed by atoms with E-state index in [1.54, 1.807) is 18.7 Å². The Hall–Kier alpha value is -2.00. The first-order valence-electron chi connectivity index (χ1n) is 7.86. The fourth-order valence-electron chi connectivity index (χ4n) is 2.52. The van der Waals surface area contributed by atoms with Crippen molar-refractivity contribution < 1.29 is 4.79 Å². The Morgan fingerprint density at radius 2 is 2.12 bits per heavy atom. The molecule has 0 aromatic carbocycles. The second kappa shape index (κ2) is 6.72. The number of aryl methyl sites for hydroxylation is 3. The van der Waals surface area contributed by atoms with Gasteiger partial charge in [-0.05, 0) is 42.3 Å². The van der Waals surface area contributed by atoms with Crippen molar-refractivity contribution in [3.63, 3.8) is 0 Å². The summed E-state index contributed by atoms with van der Waals surface area (Å²) in [6.45, 7) is 5.63. The lowest BCUT2D eigenvalue weighted by Crippen LogP contribution is -2.35. The molecular weight excluding hydrogens is 406 g/mol.